The molecule has 0 aliphatic carbocycles. The van der Waals surface area contributed by atoms with E-state index >= 15 is 0 Å². The summed E-state index contributed by atoms with van der Waals surface area (Å²) in [7, 11) is 1.37. The topological polar surface area (TPSA) is 26.0 Å². The molecule has 0 aliphatic rings. The molecule has 0 radical (unpaired) electrons. The maximum absolute atomic E-state index is 4.87. The number of rotatable bonds is 1. The zero-order chi connectivity index (χ0) is 6.85. The summed E-state index contributed by atoms with van der Waals surface area (Å²) in [6, 6.07) is 0. The summed E-state index contributed by atoms with van der Waals surface area (Å²) in [5.74, 6) is 0.840. The summed E-state index contributed by atoms with van der Waals surface area (Å²) < 4.78 is 4.87. The van der Waals surface area contributed by atoms with Gasteiger partial charge >= 0.3 is 0 Å². The van der Waals surface area contributed by atoms with Crippen molar-refractivity contribution in [1.82, 2.24) is 5.16 Å². The largest absolute Gasteiger partial charge is 0.360 e. The fourth-order valence-electron chi connectivity index (χ4n) is 0.605. The van der Waals surface area contributed by atoms with Crippen LogP contribution in [0.15, 0.2) is 9.42 Å². The van der Waals surface area contributed by atoms with Gasteiger partial charge in [0.05, 0.1) is 10.6 Å². The van der Waals surface area contributed by atoms with E-state index in [-0.39, 0.29) is 0 Å². The Morgan fingerprint density at radius 2 is 2.22 bits per heavy atom. The predicted octanol–water partition coefficient (Wildman–Crippen LogP) is 2.23. The number of aryl methyl sites for hydroxylation is 2. The summed E-state index contributed by atoms with van der Waals surface area (Å²) >= 11 is 4.03. The van der Waals surface area contributed by atoms with Gasteiger partial charge in [-0.1, -0.05) is 16.0 Å². The minimum atomic E-state index is 0.840. The van der Waals surface area contributed by atoms with E-state index in [0.29, 0.717) is 0 Å². The van der Waals surface area contributed by atoms with Crippen LogP contribution in [-0.2, 0) is 0 Å². The molecular formula is C5H7NOS2. The van der Waals surface area contributed by atoms with Crippen molar-refractivity contribution in [1.29, 1.82) is 0 Å². The van der Waals surface area contributed by atoms with Gasteiger partial charge in [-0.15, -0.1) is 11.7 Å². The Balaban J connectivity index is 3.07. The highest BCUT2D eigenvalue weighted by molar-refractivity contribution is 8.68. The van der Waals surface area contributed by atoms with Crippen molar-refractivity contribution >= 4 is 22.5 Å². The molecule has 0 spiro atoms. The molecule has 0 aromatic carbocycles. The van der Waals surface area contributed by atoms with E-state index in [1.54, 1.807) is 0 Å². The SMILES string of the molecule is Cc1noc(C)c1SS. The van der Waals surface area contributed by atoms with Crippen LogP contribution in [0.4, 0.5) is 0 Å². The second-order valence-electron chi connectivity index (χ2n) is 1.74. The van der Waals surface area contributed by atoms with Crippen LogP contribution >= 0.6 is 22.5 Å². The lowest BCUT2D eigenvalue weighted by molar-refractivity contribution is 0.391. The summed E-state index contributed by atoms with van der Waals surface area (Å²) in [4.78, 5) is 1.03. The monoisotopic (exact) mass is 161 g/mol. The molecule has 0 fully saturated rings. The highest BCUT2D eigenvalue weighted by atomic mass is 33.1. The van der Waals surface area contributed by atoms with Gasteiger partial charge in [-0.05, 0) is 13.8 Å². The summed E-state index contributed by atoms with van der Waals surface area (Å²) in [6.45, 7) is 3.77. The van der Waals surface area contributed by atoms with Crippen LogP contribution in [0.1, 0.15) is 11.5 Å². The van der Waals surface area contributed by atoms with Gasteiger partial charge in [0.1, 0.15) is 5.76 Å². The summed E-state index contributed by atoms with van der Waals surface area (Å²) in [5.41, 5.74) is 0.910. The predicted molar refractivity (Wildman–Crippen MR) is 40.8 cm³/mol. The Morgan fingerprint density at radius 3 is 2.44 bits per heavy atom. The van der Waals surface area contributed by atoms with E-state index in [4.69, 9.17) is 4.52 Å². The molecule has 0 aliphatic heterocycles. The standard InChI is InChI=1S/C5H7NOS2/c1-3-5(9-8)4(2)7-6-3/h8H,1-2H3. The molecule has 1 aromatic rings. The molecule has 1 rings (SSSR count). The summed E-state index contributed by atoms with van der Waals surface area (Å²) in [5, 5.41) is 3.74. The second kappa shape index (κ2) is 2.66. The highest BCUT2D eigenvalue weighted by Crippen LogP contribution is 2.27. The first kappa shape index (κ1) is 7.02. The first-order valence-electron chi connectivity index (χ1n) is 2.50. The number of aromatic nitrogens is 1. The Labute approximate surface area is 62.8 Å². The molecule has 0 saturated carbocycles. The van der Waals surface area contributed by atoms with Gasteiger partial charge in [-0.3, -0.25) is 0 Å². The van der Waals surface area contributed by atoms with Crippen LogP contribution in [0.5, 0.6) is 0 Å². The average Bonchev–Trinajstić information content (AvgIpc) is 2.12. The summed E-state index contributed by atoms with van der Waals surface area (Å²) in [6.07, 6.45) is 0. The van der Waals surface area contributed by atoms with Crippen LogP contribution in [-0.4, -0.2) is 5.16 Å². The van der Waals surface area contributed by atoms with Crippen molar-refractivity contribution in [2.75, 3.05) is 0 Å². The second-order valence-corrected chi connectivity index (χ2v) is 2.88. The van der Waals surface area contributed by atoms with Crippen LogP contribution < -0.4 is 0 Å². The Hall–Kier alpha value is -0.0900. The minimum Gasteiger partial charge on any atom is -0.360 e. The molecule has 50 valence electrons. The molecule has 9 heavy (non-hydrogen) atoms. The minimum absolute atomic E-state index is 0.840. The zero-order valence-electron chi connectivity index (χ0n) is 5.21. The lowest BCUT2D eigenvalue weighted by atomic mass is 10.4. The number of nitrogens with zero attached hydrogens (tertiary/aromatic N) is 1. The van der Waals surface area contributed by atoms with Gasteiger partial charge in [0.15, 0.2) is 0 Å². The van der Waals surface area contributed by atoms with Crippen LogP contribution in [0.25, 0.3) is 0 Å². The Morgan fingerprint density at radius 1 is 1.56 bits per heavy atom. The lowest BCUT2D eigenvalue weighted by Crippen LogP contribution is -1.70. The maximum atomic E-state index is 4.87. The van der Waals surface area contributed by atoms with Gasteiger partial charge in [-0.25, -0.2) is 0 Å². The van der Waals surface area contributed by atoms with Crippen molar-refractivity contribution in [3.8, 4) is 0 Å². The first-order chi connectivity index (χ1) is 4.25. The van der Waals surface area contributed by atoms with E-state index in [2.05, 4.69) is 16.8 Å². The molecule has 0 bridgehead atoms. The molecule has 0 saturated heterocycles. The molecular weight excluding hydrogens is 154 g/mol. The van der Waals surface area contributed by atoms with Gasteiger partial charge in [0.2, 0.25) is 0 Å². The fourth-order valence-corrected chi connectivity index (χ4v) is 1.72. The van der Waals surface area contributed by atoms with Crippen molar-refractivity contribution in [3.63, 3.8) is 0 Å². The van der Waals surface area contributed by atoms with E-state index in [1.165, 1.54) is 10.8 Å². The number of hydrogen-bond donors (Lipinski definition) is 1. The normalized spacial score (nSPS) is 10.1. The third kappa shape index (κ3) is 1.24. The zero-order valence-corrected chi connectivity index (χ0v) is 6.92. The quantitative estimate of drug-likeness (QED) is 0.505. The molecule has 0 atom stereocenters. The molecule has 0 unspecified atom stereocenters. The first-order valence-corrected chi connectivity index (χ1v) is 4.37. The van der Waals surface area contributed by atoms with Gasteiger partial charge < -0.3 is 4.52 Å². The number of hydrogen-bond acceptors (Lipinski definition) is 4. The Bertz CT molecular complexity index is 189. The van der Waals surface area contributed by atoms with Crippen LogP contribution in [0.3, 0.4) is 0 Å². The van der Waals surface area contributed by atoms with Crippen molar-refractivity contribution in [2.24, 2.45) is 0 Å². The smallest absolute Gasteiger partial charge is 0.148 e. The van der Waals surface area contributed by atoms with E-state index in [0.717, 1.165) is 16.3 Å². The highest BCUT2D eigenvalue weighted by Gasteiger charge is 2.05. The molecule has 1 heterocycles. The molecule has 0 amide bonds. The van der Waals surface area contributed by atoms with Gasteiger partial charge in [0, 0.05) is 0 Å². The van der Waals surface area contributed by atoms with Gasteiger partial charge in [0.25, 0.3) is 0 Å². The lowest BCUT2D eigenvalue weighted by Gasteiger charge is -1.86. The average molecular weight is 161 g/mol. The van der Waals surface area contributed by atoms with Crippen LogP contribution in [0, 0.1) is 13.8 Å². The van der Waals surface area contributed by atoms with Crippen molar-refractivity contribution < 1.29 is 4.52 Å². The van der Waals surface area contributed by atoms with Crippen LogP contribution in [0.2, 0.25) is 0 Å². The number of thiol groups is 1. The molecule has 2 nitrogen and oxygen atoms in total. The third-order valence-corrected chi connectivity index (χ3v) is 2.37. The van der Waals surface area contributed by atoms with E-state index < -0.39 is 0 Å². The maximum Gasteiger partial charge on any atom is 0.148 e. The van der Waals surface area contributed by atoms with Crippen molar-refractivity contribution in [2.45, 2.75) is 18.7 Å². The molecule has 4 heteroatoms. The molecule has 1 aromatic heterocycles. The van der Waals surface area contributed by atoms with E-state index in [9.17, 15) is 0 Å². The Kier molecular flexibility index (Phi) is 2.08. The third-order valence-electron chi connectivity index (χ3n) is 1.06. The molecule has 0 N–H and O–H groups in total. The van der Waals surface area contributed by atoms with E-state index in [1.807, 2.05) is 13.8 Å². The van der Waals surface area contributed by atoms with Gasteiger partial charge in [-0.2, -0.15) is 0 Å². The van der Waals surface area contributed by atoms with Crippen molar-refractivity contribution in [3.05, 3.63) is 11.5 Å². The fraction of sp³-hybridized carbons (Fsp3) is 0.400.